The number of benzene rings is 1. The van der Waals surface area contributed by atoms with Crippen LogP contribution in [0.4, 0.5) is 11.4 Å². The molecule has 1 aliphatic rings. The molecule has 7 heteroatoms. The lowest BCUT2D eigenvalue weighted by Gasteiger charge is -2.22. The van der Waals surface area contributed by atoms with Crippen molar-refractivity contribution in [1.82, 2.24) is 0 Å². The van der Waals surface area contributed by atoms with Crippen LogP contribution in [0, 0.1) is 0 Å². The Morgan fingerprint density at radius 1 is 1.32 bits per heavy atom. The van der Waals surface area contributed by atoms with Gasteiger partial charge in [0.05, 0.1) is 18.0 Å². The number of ether oxygens (including phenoxy) is 1. The molecule has 0 atom stereocenters. The summed E-state index contributed by atoms with van der Waals surface area (Å²) in [4.78, 5) is 14.3. The average molecular weight is 324 g/mol. The lowest BCUT2D eigenvalue weighted by molar-refractivity contribution is 0.417. The number of nitrogens with zero attached hydrogens (tertiary/aromatic N) is 1. The molecule has 2 rings (SSSR count). The lowest BCUT2D eigenvalue weighted by Crippen LogP contribution is -2.19. The zero-order valence-corrected chi connectivity index (χ0v) is 14.0. The molecule has 0 amide bonds. The average Bonchev–Trinajstić information content (AvgIpc) is 3.21. The normalized spacial score (nSPS) is 15.1. The predicted molar refractivity (Wildman–Crippen MR) is 85.0 cm³/mol. The van der Waals surface area contributed by atoms with Gasteiger partial charge < -0.3 is 4.74 Å². The fourth-order valence-corrected chi connectivity index (χ4v) is 3.47. The number of anilines is 1. The second kappa shape index (κ2) is 5.74. The predicted octanol–water partition coefficient (Wildman–Crippen LogP) is 2.86. The van der Waals surface area contributed by atoms with Crippen molar-refractivity contribution < 1.29 is 17.9 Å². The Morgan fingerprint density at radius 3 is 2.41 bits per heavy atom. The van der Waals surface area contributed by atoms with E-state index in [1.807, 2.05) is 20.8 Å². The first kappa shape index (κ1) is 16.5. The molecule has 6 nitrogen and oxygen atoms in total. The van der Waals surface area contributed by atoms with E-state index in [-0.39, 0.29) is 22.1 Å². The first-order chi connectivity index (χ1) is 10.2. The SMILES string of the molecule is COc1c(N=C=O)cc(C(C)(C)C)cc1NS(=O)(=O)C1CC1. The molecule has 0 bridgehead atoms. The lowest BCUT2D eigenvalue weighted by atomic mass is 9.86. The molecule has 1 fully saturated rings. The van der Waals surface area contributed by atoms with Crippen molar-refractivity contribution in [3.05, 3.63) is 17.7 Å². The van der Waals surface area contributed by atoms with Crippen LogP contribution in [-0.2, 0) is 20.2 Å². The molecule has 1 aliphatic carbocycles. The van der Waals surface area contributed by atoms with Crippen LogP contribution in [0.5, 0.6) is 5.75 Å². The van der Waals surface area contributed by atoms with E-state index in [0.717, 1.165) is 5.56 Å². The van der Waals surface area contributed by atoms with Crippen LogP contribution in [0.3, 0.4) is 0 Å². The highest BCUT2D eigenvalue weighted by atomic mass is 32.2. The second-order valence-corrected chi connectivity index (χ2v) is 8.34. The summed E-state index contributed by atoms with van der Waals surface area (Å²) in [5.74, 6) is 0.223. The van der Waals surface area contributed by atoms with Crippen LogP contribution < -0.4 is 9.46 Å². The molecule has 0 radical (unpaired) electrons. The molecule has 22 heavy (non-hydrogen) atoms. The molecule has 0 saturated heterocycles. The highest BCUT2D eigenvalue weighted by Gasteiger charge is 2.36. The Morgan fingerprint density at radius 2 is 1.95 bits per heavy atom. The maximum atomic E-state index is 12.2. The topological polar surface area (TPSA) is 84.8 Å². The second-order valence-electron chi connectivity index (χ2n) is 6.38. The highest BCUT2D eigenvalue weighted by Crippen LogP contribution is 2.41. The quantitative estimate of drug-likeness (QED) is 0.666. The number of hydrogen-bond donors (Lipinski definition) is 1. The summed E-state index contributed by atoms with van der Waals surface area (Å²) in [6.07, 6.45) is 2.81. The van der Waals surface area contributed by atoms with Crippen molar-refractivity contribution in [2.24, 2.45) is 4.99 Å². The molecule has 1 aromatic rings. The number of methoxy groups -OCH3 is 1. The summed E-state index contributed by atoms with van der Waals surface area (Å²) in [5, 5.41) is -0.353. The summed E-state index contributed by atoms with van der Waals surface area (Å²) in [6.45, 7) is 5.97. The molecule has 0 aliphatic heterocycles. The van der Waals surface area contributed by atoms with Crippen molar-refractivity contribution in [2.75, 3.05) is 11.8 Å². The smallest absolute Gasteiger partial charge is 0.240 e. The van der Waals surface area contributed by atoms with E-state index in [9.17, 15) is 13.2 Å². The Kier molecular flexibility index (Phi) is 4.31. The Bertz CT molecular complexity index is 725. The Labute approximate surface area is 130 Å². The van der Waals surface area contributed by atoms with E-state index >= 15 is 0 Å². The zero-order chi connectivity index (χ0) is 16.5. The van der Waals surface area contributed by atoms with Gasteiger partial charge in [0.1, 0.15) is 5.69 Å². The van der Waals surface area contributed by atoms with Gasteiger partial charge in [-0.25, -0.2) is 13.2 Å². The van der Waals surface area contributed by atoms with E-state index < -0.39 is 10.0 Å². The maximum absolute atomic E-state index is 12.2. The summed E-state index contributed by atoms with van der Waals surface area (Å²) >= 11 is 0. The van der Waals surface area contributed by atoms with Gasteiger partial charge in [-0.05, 0) is 36.0 Å². The van der Waals surface area contributed by atoms with Gasteiger partial charge in [0, 0.05) is 0 Å². The van der Waals surface area contributed by atoms with Gasteiger partial charge in [0.15, 0.2) is 5.75 Å². The van der Waals surface area contributed by atoms with E-state index in [4.69, 9.17) is 4.74 Å². The summed E-state index contributed by atoms with van der Waals surface area (Å²) in [7, 11) is -2.03. The van der Waals surface area contributed by atoms with Crippen molar-refractivity contribution >= 4 is 27.5 Å². The molecule has 1 saturated carbocycles. The number of carbonyl (C=O) groups excluding carboxylic acids is 1. The van der Waals surface area contributed by atoms with Crippen LogP contribution in [-0.4, -0.2) is 26.9 Å². The Hall–Kier alpha value is -1.85. The number of isocyanates is 1. The van der Waals surface area contributed by atoms with E-state index in [1.54, 1.807) is 12.1 Å². The molecule has 0 unspecified atom stereocenters. The van der Waals surface area contributed by atoms with E-state index in [2.05, 4.69) is 9.71 Å². The van der Waals surface area contributed by atoms with Crippen molar-refractivity contribution in [3.8, 4) is 5.75 Å². The van der Waals surface area contributed by atoms with Crippen LogP contribution in [0.1, 0.15) is 39.2 Å². The van der Waals surface area contributed by atoms with Gasteiger partial charge in [-0.1, -0.05) is 20.8 Å². The van der Waals surface area contributed by atoms with Crippen molar-refractivity contribution in [3.63, 3.8) is 0 Å². The first-order valence-corrected chi connectivity index (χ1v) is 8.55. The van der Waals surface area contributed by atoms with Gasteiger partial charge in [-0.2, -0.15) is 4.99 Å². The van der Waals surface area contributed by atoms with Gasteiger partial charge in [-0.15, -0.1) is 0 Å². The fraction of sp³-hybridized carbons (Fsp3) is 0.533. The van der Waals surface area contributed by atoms with Crippen LogP contribution in [0.15, 0.2) is 17.1 Å². The number of hydrogen-bond acceptors (Lipinski definition) is 5. The standard InChI is InChI=1S/C15H20N2O4S/c1-15(2,3)10-7-12(16-9-18)14(21-4)13(8-10)17-22(19,20)11-5-6-11/h7-8,11,17H,5-6H2,1-4H3. The molecular weight excluding hydrogens is 304 g/mol. The van der Waals surface area contributed by atoms with Crippen LogP contribution >= 0.6 is 0 Å². The summed E-state index contributed by atoms with van der Waals surface area (Å²) in [5.41, 5.74) is 1.17. The Balaban J connectivity index is 2.58. The minimum Gasteiger partial charge on any atom is -0.492 e. The first-order valence-electron chi connectivity index (χ1n) is 7.01. The third-order valence-electron chi connectivity index (χ3n) is 3.52. The molecule has 1 aromatic carbocycles. The van der Waals surface area contributed by atoms with Gasteiger partial charge in [0.25, 0.3) is 0 Å². The largest absolute Gasteiger partial charge is 0.492 e. The maximum Gasteiger partial charge on any atom is 0.240 e. The molecule has 0 aromatic heterocycles. The number of sulfonamides is 1. The van der Waals surface area contributed by atoms with Gasteiger partial charge in [-0.3, -0.25) is 4.72 Å². The third-order valence-corrected chi connectivity index (χ3v) is 5.37. The van der Waals surface area contributed by atoms with Crippen LogP contribution in [0.25, 0.3) is 0 Å². The monoisotopic (exact) mass is 324 g/mol. The number of rotatable bonds is 5. The molecule has 0 spiro atoms. The van der Waals surface area contributed by atoms with Crippen molar-refractivity contribution in [1.29, 1.82) is 0 Å². The van der Waals surface area contributed by atoms with E-state index in [0.29, 0.717) is 18.5 Å². The fourth-order valence-electron chi connectivity index (χ4n) is 2.08. The van der Waals surface area contributed by atoms with Crippen molar-refractivity contribution in [2.45, 2.75) is 44.3 Å². The summed E-state index contributed by atoms with van der Waals surface area (Å²) < 4.78 is 32.2. The third kappa shape index (κ3) is 3.48. The van der Waals surface area contributed by atoms with Crippen LogP contribution in [0.2, 0.25) is 0 Å². The molecule has 120 valence electrons. The van der Waals surface area contributed by atoms with Gasteiger partial charge >= 0.3 is 0 Å². The molecular formula is C15H20N2O4S. The minimum atomic E-state index is -3.44. The highest BCUT2D eigenvalue weighted by molar-refractivity contribution is 7.93. The van der Waals surface area contributed by atoms with Gasteiger partial charge in [0.2, 0.25) is 16.1 Å². The molecule has 1 N–H and O–H groups in total. The van der Waals surface area contributed by atoms with E-state index in [1.165, 1.54) is 13.2 Å². The number of nitrogens with one attached hydrogen (secondary N) is 1. The number of aliphatic imine (C=N–C) groups is 1. The summed E-state index contributed by atoms with van der Waals surface area (Å²) in [6, 6.07) is 3.43. The zero-order valence-electron chi connectivity index (χ0n) is 13.1. The molecule has 0 heterocycles. The minimum absolute atomic E-state index is 0.223.